The van der Waals surface area contributed by atoms with Gasteiger partial charge in [0.1, 0.15) is 0 Å². The number of epoxide rings is 1. The zero-order chi connectivity index (χ0) is 14.7. The predicted molar refractivity (Wildman–Crippen MR) is 83.6 cm³/mol. The van der Waals surface area contributed by atoms with Crippen LogP contribution < -0.4 is 5.73 Å². The van der Waals surface area contributed by atoms with E-state index in [1.807, 2.05) is 0 Å². The molecule has 0 bridgehead atoms. The van der Waals surface area contributed by atoms with Crippen LogP contribution in [0.1, 0.15) is 90.4 Å². The molecule has 1 amide bonds. The molecular weight excluding hydrogens is 250 g/mol. The van der Waals surface area contributed by atoms with Crippen LogP contribution in [0.2, 0.25) is 0 Å². The summed E-state index contributed by atoms with van der Waals surface area (Å²) in [6.07, 6.45) is 16.9. The van der Waals surface area contributed by atoms with Crippen molar-refractivity contribution in [1.82, 2.24) is 0 Å². The molecule has 1 rings (SSSR count). The number of hydrogen-bond acceptors (Lipinski definition) is 2. The smallest absolute Gasteiger partial charge is 0.252 e. The zero-order valence-corrected chi connectivity index (χ0v) is 13.3. The van der Waals surface area contributed by atoms with Gasteiger partial charge in [-0.1, -0.05) is 77.6 Å². The van der Waals surface area contributed by atoms with Crippen molar-refractivity contribution in [3.05, 3.63) is 0 Å². The van der Waals surface area contributed by atoms with Crippen molar-refractivity contribution in [3.8, 4) is 0 Å². The Balaban J connectivity index is 1.76. The SMILES string of the molecule is CCCCCCCCCCCCCC[C@]1(C(N)=O)CO1. The molecule has 2 N–H and O–H groups in total. The minimum atomic E-state index is -0.571. The highest BCUT2D eigenvalue weighted by molar-refractivity contribution is 5.85. The van der Waals surface area contributed by atoms with Gasteiger partial charge in [-0.05, 0) is 12.8 Å². The Morgan fingerprint density at radius 3 is 1.65 bits per heavy atom. The number of carbonyl (C=O) groups is 1. The third-order valence-corrected chi connectivity index (χ3v) is 4.38. The molecule has 118 valence electrons. The Morgan fingerprint density at radius 1 is 0.900 bits per heavy atom. The molecule has 1 saturated heterocycles. The van der Waals surface area contributed by atoms with E-state index in [0.29, 0.717) is 6.61 Å². The van der Waals surface area contributed by atoms with Gasteiger partial charge >= 0.3 is 0 Å². The van der Waals surface area contributed by atoms with Crippen LogP contribution in [0.4, 0.5) is 0 Å². The van der Waals surface area contributed by atoms with Gasteiger partial charge in [-0.25, -0.2) is 0 Å². The van der Waals surface area contributed by atoms with Crippen LogP contribution >= 0.6 is 0 Å². The summed E-state index contributed by atoms with van der Waals surface area (Å²) in [5.41, 5.74) is 4.74. The molecule has 0 radical (unpaired) electrons. The molecular formula is C17H33NO2. The van der Waals surface area contributed by atoms with Crippen molar-refractivity contribution in [2.45, 2.75) is 96.0 Å². The Hall–Kier alpha value is -0.570. The molecule has 0 unspecified atom stereocenters. The van der Waals surface area contributed by atoms with Crippen LogP contribution in [-0.2, 0) is 9.53 Å². The molecule has 0 aromatic carbocycles. The number of rotatable bonds is 14. The fourth-order valence-corrected chi connectivity index (χ4v) is 2.75. The molecule has 1 aliphatic rings. The number of carbonyl (C=O) groups excluding carboxylic acids is 1. The van der Waals surface area contributed by atoms with Crippen LogP contribution in [-0.4, -0.2) is 18.1 Å². The summed E-state index contributed by atoms with van der Waals surface area (Å²) in [6.45, 7) is 2.81. The third-order valence-electron chi connectivity index (χ3n) is 4.38. The van der Waals surface area contributed by atoms with Crippen molar-refractivity contribution in [3.63, 3.8) is 0 Å². The van der Waals surface area contributed by atoms with Gasteiger partial charge in [-0.2, -0.15) is 0 Å². The standard InChI is InChI=1S/C17H33NO2/c1-2-3-4-5-6-7-8-9-10-11-12-13-14-17(15-20-17)16(18)19/h2-15H2,1H3,(H2,18,19)/t17-/m1/s1. The Morgan fingerprint density at radius 2 is 1.30 bits per heavy atom. The number of nitrogens with two attached hydrogens (primary N) is 1. The molecule has 0 spiro atoms. The van der Waals surface area contributed by atoms with Gasteiger partial charge < -0.3 is 10.5 Å². The van der Waals surface area contributed by atoms with Gasteiger partial charge in [0.2, 0.25) is 0 Å². The Labute approximate surface area is 124 Å². The van der Waals surface area contributed by atoms with Gasteiger partial charge in [0.15, 0.2) is 5.60 Å². The number of hydrogen-bond donors (Lipinski definition) is 1. The molecule has 0 aromatic rings. The molecule has 0 aliphatic carbocycles. The summed E-state index contributed by atoms with van der Waals surface area (Å²) in [5.74, 6) is -0.277. The van der Waals surface area contributed by atoms with Gasteiger partial charge in [-0.3, -0.25) is 4.79 Å². The lowest BCUT2D eigenvalue weighted by atomic mass is 10.00. The van der Waals surface area contributed by atoms with Crippen LogP contribution in [0.3, 0.4) is 0 Å². The summed E-state index contributed by atoms with van der Waals surface area (Å²) in [5, 5.41) is 0. The normalized spacial score (nSPS) is 21.1. The van der Waals surface area contributed by atoms with Gasteiger partial charge in [0.05, 0.1) is 6.61 Å². The van der Waals surface area contributed by atoms with Crippen LogP contribution in [0.5, 0.6) is 0 Å². The summed E-state index contributed by atoms with van der Waals surface area (Å²) < 4.78 is 5.18. The predicted octanol–water partition coefficient (Wildman–Crippen LogP) is 4.33. The fraction of sp³-hybridized carbons (Fsp3) is 0.941. The first kappa shape index (κ1) is 17.5. The van der Waals surface area contributed by atoms with Crippen molar-refractivity contribution in [2.75, 3.05) is 6.61 Å². The summed E-state index contributed by atoms with van der Waals surface area (Å²) >= 11 is 0. The minimum Gasteiger partial charge on any atom is -0.367 e. The van der Waals surface area contributed by atoms with Gasteiger partial charge in [-0.15, -0.1) is 0 Å². The minimum absolute atomic E-state index is 0.277. The maximum absolute atomic E-state index is 11.1. The van der Waals surface area contributed by atoms with Crippen molar-refractivity contribution in [2.24, 2.45) is 5.73 Å². The van der Waals surface area contributed by atoms with E-state index in [1.54, 1.807) is 0 Å². The molecule has 1 heterocycles. The molecule has 3 nitrogen and oxygen atoms in total. The third kappa shape index (κ3) is 7.28. The second kappa shape index (κ2) is 10.2. The van der Waals surface area contributed by atoms with E-state index in [1.165, 1.54) is 70.6 Å². The number of primary amides is 1. The van der Waals surface area contributed by atoms with E-state index in [0.717, 1.165) is 12.8 Å². The van der Waals surface area contributed by atoms with E-state index in [4.69, 9.17) is 10.5 Å². The summed E-state index contributed by atoms with van der Waals surface area (Å²) in [6, 6.07) is 0. The molecule has 20 heavy (non-hydrogen) atoms. The van der Waals surface area contributed by atoms with E-state index in [2.05, 4.69) is 6.92 Å². The molecule has 3 heteroatoms. The fourth-order valence-electron chi connectivity index (χ4n) is 2.75. The first-order chi connectivity index (χ1) is 9.71. The van der Waals surface area contributed by atoms with Crippen LogP contribution in [0.25, 0.3) is 0 Å². The number of unbranched alkanes of at least 4 members (excludes halogenated alkanes) is 11. The van der Waals surface area contributed by atoms with Crippen molar-refractivity contribution >= 4 is 5.91 Å². The topological polar surface area (TPSA) is 55.6 Å². The monoisotopic (exact) mass is 283 g/mol. The Bertz CT molecular complexity index is 262. The summed E-state index contributed by atoms with van der Waals surface area (Å²) in [4.78, 5) is 11.1. The molecule has 1 aliphatic heterocycles. The first-order valence-electron chi connectivity index (χ1n) is 8.65. The van der Waals surface area contributed by atoms with Gasteiger partial charge in [0, 0.05) is 0 Å². The highest BCUT2D eigenvalue weighted by Gasteiger charge is 2.49. The largest absolute Gasteiger partial charge is 0.367 e. The second-order valence-corrected chi connectivity index (χ2v) is 6.29. The highest BCUT2D eigenvalue weighted by Crippen LogP contribution is 2.32. The lowest BCUT2D eigenvalue weighted by Crippen LogP contribution is -2.31. The molecule has 1 fully saturated rings. The zero-order valence-electron chi connectivity index (χ0n) is 13.3. The lowest BCUT2D eigenvalue weighted by Gasteiger charge is -2.07. The Kier molecular flexibility index (Phi) is 8.92. The average molecular weight is 283 g/mol. The average Bonchev–Trinajstić information content (AvgIpc) is 3.21. The van der Waals surface area contributed by atoms with E-state index in [9.17, 15) is 4.79 Å². The summed E-state index contributed by atoms with van der Waals surface area (Å²) in [7, 11) is 0. The molecule has 1 atom stereocenters. The highest BCUT2D eigenvalue weighted by atomic mass is 16.6. The molecule has 0 aromatic heterocycles. The van der Waals surface area contributed by atoms with E-state index in [-0.39, 0.29) is 5.91 Å². The molecule has 0 saturated carbocycles. The van der Waals surface area contributed by atoms with E-state index >= 15 is 0 Å². The van der Waals surface area contributed by atoms with Crippen molar-refractivity contribution < 1.29 is 9.53 Å². The second-order valence-electron chi connectivity index (χ2n) is 6.29. The number of ether oxygens (including phenoxy) is 1. The number of amides is 1. The maximum atomic E-state index is 11.1. The maximum Gasteiger partial charge on any atom is 0.252 e. The van der Waals surface area contributed by atoms with Crippen LogP contribution in [0, 0.1) is 0 Å². The lowest BCUT2D eigenvalue weighted by molar-refractivity contribution is -0.123. The van der Waals surface area contributed by atoms with Crippen LogP contribution in [0.15, 0.2) is 0 Å². The van der Waals surface area contributed by atoms with Gasteiger partial charge in [0.25, 0.3) is 5.91 Å². The first-order valence-corrected chi connectivity index (χ1v) is 8.65. The quantitative estimate of drug-likeness (QED) is 0.381. The van der Waals surface area contributed by atoms with E-state index < -0.39 is 5.60 Å². The van der Waals surface area contributed by atoms with Crippen molar-refractivity contribution in [1.29, 1.82) is 0 Å².